The monoisotopic (exact) mass is 221 g/mol. The van der Waals surface area contributed by atoms with Gasteiger partial charge in [0.1, 0.15) is 11.8 Å². The highest BCUT2D eigenvalue weighted by molar-refractivity contribution is 7.89. The summed E-state index contributed by atoms with van der Waals surface area (Å²) in [7, 11) is -3.59. The Bertz CT molecular complexity index is 360. The lowest BCUT2D eigenvalue weighted by Crippen LogP contribution is -2.41. The van der Waals surface area contributed by atoms with Crippen LogP contribution in [-0.2, 0) is 19.6 Å². The number of nitrogens with zero attached hydrogens (tertiary/aromatic N) is 1. The number of aliphatic carboxylic acids is 1. The summed E-state index contributed by atoms with van der Waals surface area (Å²) in [5, 5.41) is 8.70. The van der Waals surface area contributed by atoms with Crippen LogP contribution in [-0.4, -0.2) is 47.9 Å². The molecule has 0 amide bonds. The molecular formula is C7H11NO5S. The number of carbonyl (C=O) groups is 2. The fourth-order valence-electron chi connectivity index (χ4n) is 1.33. The summed E-state index contributed by atoms with van der Waals surface area (Å²) in [4.78, 5) is 21.6. The Hall–Kier alpha value is -0.950. The van der Waals surface area contributed by atoms with Gasteiger partial charge in [-0.3, -0.25) is 9.59 Å². The lowest BCUT2D eigenvalue weighted by atomic mass is 10.2. The molecule has 1 aliphatic heterocycles. The number of carbonyl (C=O) groups excluding carboxylic acids is 1. The molecule has 0 aliphatic carbocycles. The molecule has 1 N–H and O–H groups in total. The van der Waals surface area contributed by atoms with Crippen molar-refractivity contribution in [3.63, 3.8) is 0 Å². The summed E-state index contributed by atoms with van der Waals surface area (Å²) in [6, 6.07) is -1.22. The van der Waals surface area contributed by atoms with Gasteiger partial charge in [-0.25, -0.2) is 8.42 Å². The van der Waals surface area contributed by atoms with Crippen molar-refractivity contribution in [3.8, 4) is 0 Å². The van der Waals surface area contributed by atoms with Crippen molar-refractivity contribution in [2.75, 3.05) is 12.3 Å². The van der Waals surface area contributed by atoms with E-state index in [1.54, 1.807) is 0 Å². The largest absolute Gasteiger partial charge is 0.480 e. The molecule has 0 saturated carbocycles. The van der Waals surface area contributed by atoms with Gasteiger partial charge in [0, 0.05) is 6.42 Å². The number of sulfonamides is 1. The van der Waals surface area contributed by atoms with Gasteiger partial charge in [-0.15, -0.1) is 0 Å². The van der Waals surface area contributed by atoms with Gasteiger partial charge < -0.3 is 5.11 Å². The van der Waals surface area contributed by atoms with E-state index < -0.39 is 22.0 Å². The van der Waals surface area contributed by atoms with Crippen molar-refractivity contribution in [1.29, 1.82) is 0 Å². The second kappa shape index (κ2) is 3.66. The number of rotatable bonds is 3. The zero-order valence-corrected chi connectivity index (χ0v) is 8.45. The first kappa shape index (κ1) is 11.1. The SMILES string of the molecule is CCS(=O)(=O)N1CC(=O)CC1C(=O)O. The molecule has 80 valence electrons. The van der Waals surface area contributed by atoms with Gasteiger partial charge in [0.05, 0.1) is 12.3 Å². The Balaban J connectivity index is 2.98. The molecule has 0 aromatic carbocycles. The number of hydrogen-bond donors (Lipinski definition) is 1. The lowest BCUT2D eigenvalue weighted by molar-refractivity contribution is -0.141. The van der Waals surface area contributed by atoms with Gasteiger partial charge in [-0.05, 0) is 6.92 Å². The van der Waals surface area contributed by atoms with Crippen LogP contribution in [0.25, 0.3) is 0 Å². The third kappa shape index (κ3) is 1.93. The van der Waals surface area contributed by atoms with E-state index in [1.807, 2.05) is 0 Å². The third-order valence-electron chi connectivity index (χ3n) is 2.11. The van der Waals surface area contributed by atoms with Crippen LogP contribution in [0.15, 0.2) is 0 Å². The van der Waals surface area contributed by atoms with Crippen LogP contribution in [0.3, 0.4) is 0 Å². The summed E-state index contributed by atoms with van der Waals surface area (Å²) < 4.78 is 23.5. The molecule has 14 heavy (non-hydrogen) atoms. The Kier molecular flexibility index (Phi) is 2.91. The summed E-state index contributed by atoms with van der Waals surface area (Å²) in [5.74, 6) is -1.81. The highest BCUT2D eigenvalue weighted by atomic mass is 32.2. The van der Waals surface area contributed by atoms with Gasteiger partial charge in [-0.2, -0.15) is 4.31 Å². The van der Waals surface area contributed by atoms with Gasteiger partial charge >= 0.3 is 5.97 Å². The third-order valence-corrected chi connectivity index (χ3v) is 3.94. The van der Waals surface area contributed by atoms with Crippen molar-refractivity contribution in [3.05, 3.63) is 0 Å². The van der Waals surface area contributed by atoms with Gasteiger partial charge in [-0.1, -0.05) is 0 Å². The zero-order valence-electron chi connectivity index (χ0n) is 7.63. The number of hydrogen-bond acceptors (Lipinski definition) is 4. The Morgan fingerprint density at radius 3 is 2.64 bits per heavy atom. The van der Waals surface area contributed by atoms with Crippen molar-refractivity contribution in [2.24, 2.45) is 0 Å². The van der Waals surface area contributed by atoms with E-state index in [9.17, 15) is 18.0 Å². The van der Waals surface area contributed by atoms with Crippen LogP contribution in [0.5, 0.6) is 0 Å². The smallest absolute Gasteiger partial charge is 0.322 e. The van der Waals surface area contributed by atoms with E-state index in [0.717, 1.165) is 4.31 Å². The molecule has 1 rings (SSSR count). The summed E-state index contributed by atoms with van der Waals surface area (Å²) in [6.07, 6.45) is -0.228. The van der Waals surface area contributed by atoms with Gasteiger partial charge in [0.2, 0.25) is 10.0 Å². The number of carboxylic acid groups (broad SMARTS) is 1. The first-order valence-corrected chi connectivity index (χ1v) is 5.73. The average molecular weight is 221 g/mol. The Morgan fingerprint density at radius 2 is 2.21 bits per heavy atom. The molecule has 1 aliphatic rings. The molecule has 0 aromatic rings. The molecule has 0 bridgehead atoms. The first-order chi connectivity index (χ1) is 6.38. The van der Waals surface area contributed by atoms with Crippen LogP contribution in [0.2, 0.25) is 0 Å². The maximum Gasteiger partial charge on any atom is 0.322 e. The Labute approximate surface area is 81.6 Å². The molecule has 1 atom stereocenters. The zero-order chi connectivity index (χ0) is 10.9. The molecule has 1 saturated heterocycles. The summed E-state index contributed by atoms with van der Waals surface area (Å²) in [5.41, 5.74) is 0. The fourth-order valence-corrected chi connectivity index (χ4v) is 2.56. The average Bonchev–Trinajstić information content (AvgIpc) is 2.48. The molecule has 1 fully saturated rings. The first-order valence-electron chi connectivity index (χ1n) is 4.12. The van der Waals surface area contributed by atoms with E-state index in [-0.39, 0.29) is 24.5 Å². The van der Waals surface area contributed by atoms with Crippen molar-refractivity contribution >= 4 is 21.8 Å². The van der Waals surface area contributed by atoms with E-state index in [2.05, 4.69) is 0 Å². The lowest BCUT2D eigenvalue weighted by Gasteiger charge is -2.18. The van der Waals surface area contributed by atoms with Crippen molar-refractivity contribution in [1.82, 2.24) is 4.31 Å². The second-order valence-electron chi connectivity index (χ2n) is 3.04. The fraction of sp³-hybridized carbons (Fsp3) is 0.714. The minimum atomic E-state index is -3.59. The quantitative estimate of drug-likeness (QED) is 0.664. The van der Waals surface area contributed by atoms with Crippen LogP contribution in [0.1, 0.15) is 13.3 Å². The number of ketones is 1. The maximum absolute atomic E-state index is 11.4. The standard InChI is InChI=1S/C7H11NO5S/c1-2-14(12,13)8-4-5(9)3-6(8)7(10)11/h6H,2-4H2,1H3,(H,10,11). The predicted molar refractivity (Wildman–Crippen MR) is 47.2 cm³/mol. The van der Waals surface area contributed by atoms with Crippen LogP contribution in [0, 0.1) is 0 Å². The summed E-state index contributed by atoms with van der Waals surface area (Å²) in [6.45, 7) is 1.10. The molecule has 1 heterocycles. The maximum atomic E-state index is 11.4. The van der Waals surface area contributed by atoms with E-state index in [0.29, 0.717) is 0 Å². The molecule has 0 aromatic heterocycles. The number of Topliss-reactive ketones (excluding diaryl/α,β-unsaturated/α-hetero) is 1. The Morgan fingerprint density at radius 1 is 1.64 bits per heavy atom. The van der Waals surface area contributed by atoms with E-state index in [4.69, 9.17) is 5.11 Å². The van der Waals surface area contributed by atoms with Crippen LogP contribution in [0.4, 0.5) is 0 Å². The highest BCUT2D eigenvalue weighted by Gasteiger charge is 2.41. The van der Waals surface area contributed by atoms with Crippen LogP contribution < -0.4 is 0 Å². The normalized spacial score (nSPS) is 24.1. The van der Waals surface area contributed by atoms with E-state index >= 15 is 0 Å². The predicted octanol–water partition coefficient (Wildman–Crippen LogP) is -0.936. The highest BCUT2D eigenvalue weighted by Crippen LogP contribution is 2.18. The van der Waals surface area contributed by atoms with Crippen molar-refractivity contribution in [2.45, 2.75) is 19.4 Å². The topological polar surface area (TPSA) is 91.8 Å². The summed E-state index contributed by atoms with van der Waals surface area (Å²) >= 11 is 0. The number of carboxylic acids is 1. The molecule has 0 spiro atoms. The van der Waals surface area contributed by atoms with Crippen molar-refractivity contribution < 1.29 is 23.1 Å². The molecule has 0 radical (unpaired) electrons. The van der Waals surface area contributed by atoms with E-state index in [1.165, 1.54) is 6.92 Å². The molecular weight excluding hydrogens is 210 g/mol. The molecule has 7 heteroatoms. The minimum absolute atomic E-state index is 0.190. The molecule has 1 unspecified atom stereocenters. The second-order valence-corrected chi connectivity index (χ2v) is 5.25. The molecule has 6 nitrogen and oxygen atoms in total. The van der Waals surface area contributed by atoms with Gasteiger partial charge in [0.25, 0.3) is 0 Å². The minimum Gasteiger partial charge on any atom is -0.480 e. The van der Waals surface area contributed by atoms with Gasteiger partial charge in [0.15, 0.2) is 0 Å². The van der Waals surface area contributed by atoms with Crippen LogP contribution >= 0.6 is 0 Å².